The molecule has 2 amide bonds. The van der Waals surface area contributed by atoms with Crippen molar-refractivity contribution in [2.75, 3.05) is 30.3 Å². The van der Waals surface area contributed by atoms with Gasteiger partial charge >= 0.3 is 0 Å². The molecule has 204 valence electrons. The molecule has 1 unspecified atom stereocenters. The summed E-state index contributed by atoms with van der Waals surface area (Å²) in [5.74, 6) is 0.0334. The fraction of sp³-hybridized carbons (Fsp3) is 0.281. The molecule has 1 atom stereocenters. The maximum absolute atomic E-state index is 15.4. The van der Waals surface area contributed by atoms with Gasteiger partial charge < -0.3 is 4.90 Å². The fourth-order valence-electron chi connectivity index (χ4n) is 5.67. The van der Waals surface area contributed by atoms with E-state index in [1.165, 1.54) is 17.8 Å². The van der Waals surface area contributed by atoms with Crippen LogP contribution in [0.1, 0.15) is 40.3 Å². The van der Waals surface area contributed by atoms with E-state index in [0.717, 1.165) is 40.8 Å². The van der Waals surface area contributed by atoms with Crippen molar-refractivity contribution in [2.24, 2.45) is 0 Å². The Morgan fingerprint density at radius 2 is 1.73 bits per heavy atom. The molecule has 1 saturated heterocycles. The molecule has 2 aliphatic heterocycles. The molecule has 0 saturated carbocycles. The topological polar surface area (TPSA) is 58.4 Å². The molecule has 0 radical (unpaired) electrons. The zero-order chi connectivity index (χ0) is 27.8. The summed E-state index contributed by atoms with van der Waals surface area (Å²) in [5, 5.41) is 4.62. The normalized spacial score (nSPS) is 17.2. The Morgan fingerprint density at radius 1 is 1.00 bits per heavy atom. The number of anilines is 1. The minimum absolute atomic E-state index is 0.0821. The predicted molar refractivity (Wildman–Crippen MR) is 157 cm³/mol. The number of hydrogen-bond donors (Lipinski definition) is 0. The van der Waals surface area contributed by atoms with Crippen molar-refractivity contribution < 1.29 is 14.0 Å². The van der Waals surface area contributed by atoms with Crippen LogP contribution in [0, 0.1) is 19.7 Å². The zero-order valence-electron chi connectivity index (χ0n) is 22.6. The predicted octanol–water partition coefficient (Wildman–Crippen LogP) is 6.09. The number of halogens is 1. The average Bonchev–Trinajstić information content (AvgIpc) is 3.60. The second-order valence-electron chi connectivity index (χ2n) is 10.4. The van der Waals surface area contributed by atoms with Crippen LogP contribution >= 0.6 is 11.8 Å². The SMILES string of the molecule is Cc1ccc(-n2nc(-c3ccccc3)c3c2N(CC(=O)N2CCCC2)C(=O)CSC3c2ccccc2F)c(C)c1. The molecule has 4 aromatic rings. The second-order valence-corrected chi connectivity index (χ2v) is 11.5. The van der Waals surface area contributed by atoms with Crippen LogP contribution in [-0.2, 0) is 9.59 Å². The monoisotopic (exact) mass is 554 g/mol. The van der Waals surface area contributed by atoms with Crippen LogP contribution in [0.15, 0.2) is 72.8 Å². The van der Waals surface area contributed by atoms with Gasteiger partial charge in [0.25, 0.3) is 0 Å². The Bertz CT molecular complexity index is 1580. The van der Waals surface area contributed by atoms with Gasteiger partial charge in [0.2, 0.25) is 11.8 Å². The second kappa shape index (κ2) is 10.9. The molecule has 1 fully saturated rings. The zero-order valence-corrected chi connectivity index (χ0v) is 23.5. The van der Waals surface area contributed by atoms with Gasteiger partial charge in [0.05, 0.1) is 22.4 Å². The molecule has 6 rings (SSSR count). The molecular formula is C32H31FN4O2S. The Labute approximate surface area is 237 Å². The highest BCUT2D eigenvalue weighted by Gasteiger charge is 2.39. The molecule has 6 nitrogen and oxygen atoms in total. The van der Waals surface area contributed by atoms with E-state index in [1.54, 1.807) is 21.7 Å². The number of nitrogens with zero attached hydrogens (tertiary/aromatic N) is 4. The van der Waals surface area contributed by atoms with Gasteiger partial charge in [-0.1, -0.05) is 66.2 Å². The van der Waals surface area contributed by atoms with E-state index in [1.807, 2.05) is 67.3 Å². The lowest BCUT2D eigenvalue weighted by Crippen LogP contribution is -2.43. The number of aryl methyl sites for hydroxylation is 2. The number of rotatable bonds is 5. The molecular weight excluding hydrogens is 523 g/mol. The third kappa shape index (κ3) is 4.81. The Balaban J connectivity index is 1.63. The van der Waals surface area contributed by atoms with E-state index in [4.69, 9.17) is 5.10 Å². The summed E-state index contributed by atoms with van der Waals surface area (Å²) < 4.78 is 17.2. The molecule has 40 heavy (non-hydrogen) atoms. The van der Waals surface area contributed by atoms with Crippen LogP contribution in [0.5, 0.6) is 0 Å². The van der Waals surface area contributed by atoms with E-state index in [0.29, 0.717) is 30.2 Å². The smallest absolute Gasteiger partial charge is 0.242 e. The first-order valence-electron chi connectivity index (χ1n) is 13.6. The summed E-state index contributed by atoms with van der Waals surface area (Å²) in [7, 11) is 0. The van der Waals surface area contributed by atoms with E-state index in [-0.39, 0.29) is 29.9 Å². The average molecular weight is 555 g/mol. The molecule has 2 aliphatic rings. The van der Waals surface area contributed by atoms with Gasteiger partial charge in [-0.3, -0.25) is 14.5 Å². The quantitative estimate of drug-likeness (QED) is 0.300. The van der Waals surface area contributed by atoms with Gasteiger partial charge in [-0.15, -0.1) is 11.8 Å². The number of amides is 2. The molecule has 0 bridgehead atoms. The van der Waals surface area contributed by atoms with Crippen LogP contribution in [0.2, 0.25) is 0 Å². The van der Waals surface area contributed by atoms with E-state index in [2.05, 4.69) is 6.07 Å². The van der Waals surface area contributed by atoms with E-state index < -0.39 is 5.25 Å². The molecule has 0 spiro atoms. The number of carbonyl (C=O) groups excluding carboxylic acids is 2. The van der Waals surface area contributed by atoms with Crippen molar-refractivity contribution in [3.05, 3.63) is 101 Å². The van der Waals surface area contributed by atoms with Gasteiger partial charge in [0, 0.05) is 29.8 Å². The fourth-order valence-corrected chi connectivity index (χ4v) is 6.89. The van der Waals surface area contributed by atoms with E-state index >= 15 is 4.39 Å². The van der Waals surface area contributed by atoms with Crippen molar-refractivity contribution in [3.63, 3.8) is 0 Å². The third-order valence-corrected chi connectivity index (χ3v) is 8.89. The molecule has 1 aromatic heterocycles. The van der Waals surface area contributed by atoms with Crippen molar-refractivity contribution in [1.29, 1.82) is 0 Å². The van der Waals surface area contributed by atoms with Gasteiger partial charge in [-0.2, -0.15) is 5.10 Å². The van der Waals surface area contributed by atoms with Crippen LogP contribution in [0.3, 0.4) is 0 Å². The summed E-state index contributed by atoms with van der Waals surface area (Å²) in [6.07, 6.45) is 1.93. The lowest BCUT2D eigenvalue weighted by molar-refractivity contribution is -0.130. The first-order valence-corrected chi connectivity index (χ1v) is 14.7. The number of benzene rings is 3. The van der Waals surface area contributed by atoms with Gasteiger partial charge in [-0.25, -0.2) is 9.07 Å². The van der Waals surface area contributed by atoms with Gasteiger partial charge in [0.15, 0.2) is 0 Å². The number of carbonyl (C=O) groups is 2. The summed E-state index contributed by atoms with van der Waals surface area (Å²) in [6.45, 7) is 5.37. The maximum atomic E-state index is 15.4. The standard InChI is InChI=1S/C32H31FN4O2S/c1-21-14-15-26(22(2)18-21)37-32-29(30(34-37)23-10-4-3-5-11-23)31(24-12-6-7-13-25(24)33)40-20-28(39)36(32)19-27(38)35-16-8-9-17-35/h3-7,10-15,18,31H,8-9,16-17,19-20H2,1-2H3. The lowest BCUT2D eigenvalue weighted by Gasteiger charge is -2.26. The molecule has 8 heteroatoms. The minimum Gasteiger partial charge on any atom is -0.341 e. The minimum atomic E-state index is -0.498. The Hall–Kier alpha value is -3.91. The molecule has 0 aliphatic carbocycles. The highest BCUT2D eigenvalue weighted by molar-refractivity contribution is 8.00. The van der Waals surface area contributed by atoms with Crippen molar-refractivity contribution in [1.82, 2.24) is 14.7 Å². The number of aromatic nitrogens is 2. The van der Waals surface area contributed by atoms with Crippen molar-refractivity contribution in [3.8, 4) is 16.9 Å². The van der Waals surface area contributed by atoms with Crippen LogP contribution in [0.4, 0.5) is 10.2 Å². The summed E-state index contributed by atoms with van der Waals surface area (Å²) in [6, 6.07) is 22.6. The molecule has 3 heterocycles. The summed E-state index contributed by atoms with van der Waals surface area (Å²) in [4.78, 5) is 30.7. The maximum Gasteiger partial charge on any atom is 0.242 e. The van der Waals surface area contributed by atoms with Gasteiger partial charge in [0.1, 0.15) is 18.2 Å². The van der Waals surface area contributed by atoms with Crippen molar-refractivity contribution in [2.45, 2.75) is 31.9 Å². The third-order valence-electron chi connectivity index (χ3n) is 7.66. The molecule has 0 N–H and O–H groups in total. The lowest BCUT2D eigenvalue weighted by atomic mass is 9.99. The first kappa shape index (κ1) is 26.3. The number of fused-ring (bicyclic) bond motifs is 1. The Kier molecular flexibility index (Phi) is 7.19. The summed E-state index contributed by atoms with van der Waals surface area (Å²) in [5.41, 5.74) is 5.68. The molecule has 3 aromatic carbocycles. The van der Waals surface area contributed by atoms with Gasteiger partial charge in [-0.05, 0) is 44.4 Å². The number of hydrogen-bond acceptors (Lipinski definition) is 4. The van der Waals surface area contributed by atoms with Crippen LogP contribution in [0.25, 0.3) is 16.9 Å². The van der Waals surface area contributed by atoms with E-state index in [9.17, 15) is 9.59 Å². The largest absolute Gasteiger partial charge is 0.341 e. The highest BCUT2D eigenvalue weighted by atomic mass is 32.2. The Morgan fingerprint density at radius 3 is 2.45 bits per heavy atom. The summed E-state index contributed by atoms with van der Waals surface area (Å²) >= 11 is 1.38. The van der Waals surface area contributed by atoms with Crippen LogP contribution in [-0.4, -0.2) is 51.9 Å². The van der Waals surface area contributed by atoms with Crippen molar-refractivity contribution >= 4 is 29.4 Å². The number of thioether (sulfide) groups is 1. The first-order chi connectivity index (χ1) is 19.4. The number of likely N-dealkylation sites (tertiary alicyclic amines) is 1. The highest BCUT2D eigenvalue weighted by Crippen LogP contribution is 2.49. The van der Waals surface area contributed by atoms with Crippen LogP contribution < -0.4 is 4.90 Å².